The van der Waals surface area contributed by atoms with Crippen LogP contribution in [0.15, 0.2) is 12.3 Å². The first-order chi connectivity index (χ1) is 8.47. The molecule has 0 bridgehead atoms. The van der Waals surface area contributed by atoms with E-state index in [2.05, 4.69) is 5.10 Å². The van der Waals surface area contributed by atoms with Crippen LogP contribution in [0, 0.1) is 5.41 Å². The standard InChI is InChI=1S/C13H19FN2O2/c1-3-13(7-9(14)8-13)12(18)11(17)6-10-4-5-16(2)15-10/h4-5,9,12,18H,3,6-8H2,1-2H3. The van der Waals surface area contributed by atoms with Crippen LogP contribution in [0.25, 0.3) is 0 Å². The molecule has 1 aliphatic rings. The first-order valence-corrected chi connectivity index (χ1v) is 6.30. The Morgan fingerprint density at radius 1 is 1.72 bits per heavy atom. The van der Waals surface area contributed by atoms with Gasteiger partial charge in [0.25, 0.3) is 0 Å². The highest BCUT2D eigenvalue weighted by molar-refractivity contribution is 5.85. The Morgan fingerprint density at radius 2 is 2.39 bits per heavy atom. The van der Waals surface area contributed by atoms with Crippen LogP contribution < -0.4 is 0 Å². The summed E-state index contributed by atoms with van der Waals surface area (Å²) in [6, 6.07) is 1.75. The second-order valence-electron chi connectivity index (χ2n) is 5.25. The summed E-state index contributed by atoms with van der Waals surface area (Å²) in [6.45, 7) is 1.89. The van der Waals surface area contributed by atoms with Crippen molar-refractivity contribution in [2.75, 3.05) is 0 Å². The van der Waals surface area contributed by atoms with Crippen LogP contribution in [0.1, 0.15) is 31.9 Å². The second-order valence-corrected chi connectivity index (χ2v) is 5.25. The number of hydrogen-bond donors (Lipinski definition) is 1. The predicted molar refractivity (Wildman–Crippen MR) is 64.8 cm³/mol. The highest BCUT2D eigenvalue weighted by atomic mass is 19.1. The summed E-state index contributed by atoms with van der Waals surface area (Å²) >= 11 is 0. The van der Waals surface area contributed by atoms with Gasteiger partial charge in [0.15, 0.2) is 5.78 Å². The maximum absolute atomic E-state index is 13.0. The molecule has 18 heavy (non-hydrogen) atoms. The Kier molecular flexibility index (Phi) is 3.52. The number of aliphatic hydroxyl groups is 1. The summed E-state index contributed by atoms with van der Waals surface area (Å²) in [4.78, 5) is 12.0. The molecule has 4 nitrogen and oxygen atoms in total. The van der Waals surface area contributed by atoms with Gasteiger partial charge in [-0.15, -0.1) is 0 Å². The van der Waals surface area contributed by atoms with E-state index in [1.54, 1.807) is 24.0 Å². The Hall–Kier alpha value is -1.23. The van der Waals surface area contributed by atoms with Crippen LogP contribution >= 0.6 is 0 Å². The number of carbonyl (C=O) groups excluding carboxylic acids is 1. The van der Waals surface area contributed by atoms with Gasteiger partial charge in [0, 0.05) is 18.7 Å². The van der Waals surface area contributed by atoms with Crippen molar-refractivity contribution in [3.63, 3.8) is 0 Å². The number of nitrogens with zero attached hydrogens (tertiary/aromatic N) is 2. The molecule has 0 amide bonds. The van der Waals surface area contributed by atoms with Crippen molar-refractivity contribution in [3.8, 4) is 0 Å². The minimum Gasteiger partial charge on any atom is -0.385 e. The molecule has 0 spiro atoms. The van der Waals surface area contributed by atoms with Gasteiger partial charge in [0.1, 0.15) is 12.3 Å². The third-order valence-corrected chi connectivity index (χ3v) is 3.97. The summed E-state index contributed by atoms with van der Waals surface area (Å²) in [5, 5.41) is 14.2. The minimum absolute atomic E-state index is 0.112. The highest BCUT2D eigenvalue weighted by Gasteiger charge is 2.50. The third-order valence-electron chi connectivity index (χ3n) is 3.97. The van der Waals surface area contributed by atoms with E-state index in [0.717, 1.165) is 0 Å². The van der Waals surface area contributed by atoms with Crippen molar-refractivity contribution >= 4 is 5.78 Å². The summed E-state index contributed by atoms with van der Waals surface area (Å²) in [5.74, 6) is -0.262. The van der Waals surface area contributed by atoms with Gasteiger partial charge < -0.3 is 5.11 Å². The molecule has 5 heteroatoms. The molecule has 2 rings (SSSR count). The minimum atomic E-state index is -1.07. The lowest BCUT2D eigenvalue weighted by Crippen LogP contribution is -2.51. The van der Waals surface area contributed by atoms with E-state index in [4.69, 9.17) is 0 Å². The third kappa shape index (κ3) is 2.32. The van der Waals surface area contributed by atoms with Crippen LogP contribution in [0.3, 0.4) is 0 Å². The number of rotatable bonds is 5. The number of aliphatic hydroxyl groups excluding tert-OH is 1. The Bertz CT molecular complexity index is 438. The fraction of sp³-hybridized carbons (Fsp3) is 0.692. The number of hydrogen-bond acceptors (Lipinski definition) is 3. The number of carbonyl (C=O) groups is 1. The molecule has 0 radical (unpaired) electrons. The molecule has 1 heterocycles. The average Bonchev–Trinajstić information content (AvgIpc) is 2.69. The van der Waals surface area contributed by atoms with Crippen molar-refractivity contribution in [2.24, 2.45) is 12.5 Å². The molecule has 0 aromatic carbocycles. The number of aromatic nitrogens is 2. The van der Waals surface area contributed by atoms with Gasteiger partial charge in [-0.2, -0.15) is 5.10 Å². The number of alkyl halides is 1. The van der Waals surface area contributed by atoms with Crippen molar-refractivity contribution in [2.45, 2.75) is 44.9 Å². The highest BCUT2D eigenvalue weighted by Crippen LogP contribution is 2.48. The Morgan fingerprint density at radius 3 is 2.83 bits per heavy atom. The van der Waals surface area contributed by atoms with E-state index in [0.29, 0.717) is 25.0 Å². The molecular weight excluding hydrogens is 235 g/mol. The topological polar surface area (TPSA) is 55.1 Å². The molecule has 1 unspecified atom stereocenters. The number of halogens is 1. The summed E-state index contributed by atoms with van der Waals surface area (Å²) in [6.07, 6.45) is 1.13. The Labute approximate surface area is 106 Å². The first-order valence-electron chi connectivity index (χ1n) is 6.30. The summed E-state index contributed by atoms with van der Waals surface area (Å²) in [7, 11) is 1.78. The van der Waals surface area contributed by atoms with E-state index in [1.165, 1.54) is 0 Å². The van der Waals surface area contributed by atoms with Gasteiger partial charge in [-0.25, -0.2) is 4.39 Å². The van der Waals surface area contributed by atoms with Gasteiger partial charge >= 0.3 is 0 Å². The van der Waals surface area contributed by atoms with Crippen LogP contribution in [-0.2, 0) is 18.3 Å². The zero-order valence-electron chi connectivity index (χ0n) is 10.8. The maximum Gasteiger partial charge on any atom is 0.167 e. The molecular formula is C13H19FN2O2. The van der Waals surface area contributed by atoms with Gasteiger partial charge in [-0.1, -0.05) is 6.92 Å². The van der Waals surface area contributed by atoms with Crippen LogP contribution in [0.4, 0.5) is 4.39 Å². The molecule has 0 saturated heterocycles. The van der Waals surface area contributed by atoms with Crippen LogP contribution in [0.2, 0.25) is 0 Å². The summed E-state index contributed by atoms with van der Waals surface area (Å²) < 4.78 is 14.6. The predicted octanol–water partition coefficient (Wildman–Crippen LogP) is 1.42. The summed E-state index contributed by atoms with van der Waals surface area (Å²) in [5.41, 5.74) is 0.0922. The first kappa shape index (κ1) is 13.2. The molecule has 1 atom stereocenters. The van der Waals surface area contributed by atoms with Crippen molar-refractivity contribution < 1.29 is 14.3 Å². The van der Waals surface area contributed by atoms with Crippen LogP contribution in [0.5, 0.6) is 0 Å². The van der Waals surface area contributed by atoms with Crippen LogP contribution in [-0.4, -0.2) is 32.9 Å². The lowest BCUT2D eigenvalue weighted by atomic mass is 9.61. The van der Waals surface area contributed by atoms with E-state index in [-0.39, 0.29) is 12.2 Å². The number of aryl methyl sites for hydroxylation is 1. The average molecular weight is 254 g/mol. The normalized spacial score (nSPS) is 28.8. The van der Waals surface area contributed by atoms with Crippen molar-refractivity contribution in [1.82, 2.24) is 9.78 Å². The lowest BCUT2D eigenvalue weighted by molar-refractivity contribution is -0.144. The fourth-order valence-electron chi connectivity index (χ4n) is 2.70. The van der Waals surface area contributed by atoms with E-state index < -0.39 is 17.7 Å². The zero-order chi connectivity index (χ0) is 13.3. The monoisotopic (exact) mass is 254 g/mol. The van der Waals surface area contributed by atoms with Crippen molar-refractivity contribution in [1.29, 1.82) is 0 Å². The van der Waals surface area contributed by atoms with Gasteiger partial charge in [-0.3, -0.25) is 9.48 Å². The molecule has 1 N–H and O–H groups in total. The number of Topliss-reactive ketones (excluding diaryl/α,β-unsaturated/α-hetero) is 1. The molecule has 100 valence electrons. The molecule has 1 aliphatic carbocycles. The van der Waals surface area contributed by atoms with Crippen molar-refractivity contribution in [3.05, 3.63) is 18.0 Å². The largest absolute Gasteiger partial charge is 0.385 e. The Balaban J connectivity index is 2.00. The van der Waals surface area contributed by atoms with E-state index >= 15 is 0 Å². The number of ketones is 1. The van der Waals surface area contributed by atoms with E-state index in [1.807, 2.05) is 6.92 Å². The fourth-order valence-corrected chi connectivity index (χ4v) is 2.70. The van der Waals surface area contributed by atoms with Gasteiger partial charge in [0.2, 0.25) is 0 Å². The van der Waals surface area contributed by atoms with Gasteiger partial charge in [-0.05, 0) is 25.3 Å². The quantitative estimate of drug-likeness (QED) is 0.864. The molecule has 1 fully saturated rings. The zero-order valence-corrected chi connectivity index (χ0v) is 10.8. The second kappa shape index (κ2) is 4.80. The maximum atomic E-state index is 13.0. The molecule has 1 aromatic heterocycles. The molecule has 0 aliphatic heterocycles. The lowest BCUT2D eigenvalue weighted by Gasteiger charge is -2.46. The molecule has 1 saturated carbocycles. The smallest absolute Gasteiger partial charge is 0.167 e. The van der Waals surface area contributed by atoms with E-state index in [9.17, 15) is 14.3 Å². The molecule has 1 aromatic rings. The SMILES string of the molecule is CCC1(C(O)C(=O)Cc2ccn(C)n2)CC(F)C1. The van der Waals surface area contributed by atoms with Gasteiger partial charge in [0.05, 0.1) is 12.1 Å².